The molecule has 0 saturated heterocycles. The van der Waals surface area contributed by atoms with E-state index in [0.29, 0.717) is 5.95 Å². The summed E-state index contributed by atoms with van der Waals surface area (Å²) in [7, 11) is 1.69. The van der Waals surface area contributed by atoms with Gasteiger partial charge in [0.15, 0.2) is 0 Å². The molecule has 29 heavy (non-hydrogen) atoms. The van der Waals surface area contributed by atoms with Crippen molar-refractivity contribution in [2.75, 3.05) is 24.3 Å². The van der Waals surface area contributed by atoms with E-state index in [0.717, 1.165) is 47.2 Å². The normalized spacial score (nSPS) is 10.7. The molecule has 0 spiro atoms. The molecule has 0 atom stereocenters. The Hall–Kier alpha value is -3.28. The Morgan fingerprint density at radius 1 is 0.966 bits per heavy atom. The molecule has 3 rings (SSSR count). The lowest BCUT2D eigenvalue weighted by Crippen LogP contribution is -2.10. The molecule has 2 aromatic carbocycles. The largest absolute Gasteiger partial charge is 0.496 e. The Balaban J connectivity index is 1.69. The van der Waals surface area contributed by atoms with Crippen LogP contribution in [0.3, 0.4) is 0 Å². The van der Waals surface area contributed by atoms with Gasteiger partial charge >= 0.3 is 0 Å². The van der Waals surface area contributed by atoms with Crippen molar-refractivity contribution < 1.29 is 9.47 Å². The lowest BCUT2D eigenvalue weighted by Gasteiger charge is -2.15. The standard InChI is InChI=1S/C23H28N4O2/c1-16(2)29-21-12-8-6-10-19(21)26-23-25-17(3)15-22(27-23)24-14-13-18-9-5-7-11-20(18)28-4/h5-12,15-16H,13-14H2,1-4H3,(H2,24,25,26,27). The van der Waals surface area contributed by atoms with E-state index >= 15 is 0 Å². The molecule has 3 aromatic rings. The predicted molar refractivity (Wildman–Crippen MR) is 117 cm³/mol. The summed E-state index contributed by atoms with van der Waals surface area (Å²) in [6.07, 6.45) is 0.921. The Labute approximate surface area is 172 Å². The molecule has 0 aliphatic carbocycles. The zero-order chi connectivity index (χ0) is 20.6. The highest BCUT2D eigenvalue weighted by Gasteiger charge is 2.09. The molecule has 0 amide bonds. The number of anilines is 3. The molecule has 0 bridgehead atoms. The zero-order valence-corrected chi connectivity index (χ0v) is 17.4. The van der Waals surface area contributed by atoms with Gasteiger partial charge in [0.2, 0.25) is 5.95 Å². The van der Waals surface area contributed by atoms with Crippen LogP contribution in [0.15, 0.2) is 54.6 Å². The van der Waals surface area contributed by atoms with Crippen molar-refractivity contribution in [2.24, 2.45) is 0 Å². The van der Waals surface area contributed by atoms with Crippen LogP contribution in [0.4, 0.5) is 17.5 Å². The number of hydrogen-bond donors (Lipinski definition) is 2. The minimum atomic E-state index is 0.0867. The number of aromatic nitrogens is 2. The van der Waals surface area contributed by atoms with E-state index in [9.17, 15) is 0 Å². The molecule has 152 valence electrons. The molecule has 6 nitrogen and oxygen atoms in total. The molecule has 1 heterocycles. The fourth-order valence-electron chi connectivity index (χ4n) is 3.00. The summed E-state index contributed by atoms with van der Waals surface area (Å²) in [4.78, 5) is 9.11. The smallest absolute Gasteiger partial charge is 0.229 e. The van der Waals surface area contributed by atoms with Gasteiger partial charge in [0, 0.05) is 18.3 Å². The second-order valence-corrected chi connectivity index (χ2v) is 6.99. The summed E-state index contributed by atoms with van der Waals surface area (Å²) < 4.78 is 11.3. The fourth-order valence-corrected chi connectivity index (χ4v) is 3.00. The van der Waals surface area contributed by atoms with Gasteiger partial charge in [-0.3, -0.25) is 0 Å². The van der Waals surface area contributed by atoms with Crippen molar-refractivity contribution in [3.63, 3.8) is 0 Å². The number of ether oxygens (including phenoxy) is 2. The van der Waals surface area contributed by atoms with Gasteiger partial charge in [-0.05, 0) is 51.0 Å². The first-order valence-corrected chi connectivity index (χ1v) is 9.79. The van der Waals surface area contributed by atoms with E-state index in [1.807, 2.05) is 69.3 Å². The van der Waals surface area contributed by atoms with Crippen molar-refractivity contribution in [3.8, 4) is 11.5 Å². The highest BCUT2D eigenvalue weighted by atomic mass is 16.5. The highest BCUT2D eigenvalue weighted by molar-refractivity contribution is 5.63. The maximum atomic E-state index is 5.87. The Kier molecular flexibility index (Phi) is 6.89. The predicted octanol–water partition coefficient (Wildman–Crippen LogP) is 4.98. The van der Waals surface area contributed by atoms with Crippen molar-refractivity contribution in [1.29, 1.82) is 0 Å². The Bertz CT molecular complexity index is 944. The number of para-hydroxylation sites is 3. The van der Waals surface area contributed by atoms with Gasteiger partial charge in [-0.25, -0.2) is 4.98 Å². The van der Waals surface area contributed by atoms with Gasteiger partial charge in [0.1, 0.15) is 17.3 Å². The Morgan fingerprint density at radius 3 is 2.45 bits per heavy atom. The monoisotopic (exact) mass is 392 g/mol. The van der Waals surface area contributed by atoms with Crippen LogP contribution in [0, 0.1) is 6.92 Å². The van der Waals surface area contributed by atoms with Gasteiger partial charge in [-0.2, -0.15) is 4.98 Å². The van der Waals surface area contributed by atoms with Crippen LogP contribution in [0.25, 0.3) is 0 Å². The van der Waals surface area contributed by atoms with E-state index in [1.54, 1.807) is 7.11 Å². The maximum Gasteiger partial charge on any atom is 0.229 e. The van der Waals surface area contributed by atoms with Crippen LogP contribution in [0.5, 0.6) is 11.5 Å². The number of methoxy groups -OCH3 is 1. The fraction of sp³-hybridized carbons (Fsp3) is 0.304. The van der Waals surface area contributed by atoms with Crippen molar-refractivity contribution in [1.82, 2.24) is 9.97 Å². The second-order valence-electron chi connectivity index (χ2n) is 6.99. The molecule has 0 fully saturated rings. The summed E-state index contributed by atoms with van der Waals surface area (Å²) in [6.45, 7) is 6.70. The summed E-state index contributed by atoms with van der Waals surface area (Å²) in [5.41, 5.74) is 2.88. The summed E-state index contributed by atoms with van der Waals surface area (Å²) in [6, 6.07) is 17.8. The van der Waals surface area contributed by atoms with Crippen LogP contribution in [0.1, 0.15) is 25.1 Å². The number of rotatable bonds is 9. The lowest BCUT2D eigenvalue weighted by molar-refractivity contribution is 0.244. The van der Waals surface area contributed by atoms with Crippen LogP contribution in [-0.4, -0.2) is 29.7 Å². The van der Waals surface area contributed by atoms with Gasteiger partial charge in [-0.1, -0.05) is 30.3 Å². The second kappa shape index (κ2) is 9.78. The maximum absolute atomic E-state index is 5.87. The molecule has 0 radical (unpaired) electrons. The molecule has 2 N–H and O–H groups in total. The van der Waals surface area contributed by atoms with Crippen molar-refractivity contribution >= 4 is 17.5 Å². The van der Waals surface area contributed by atoms with E-state index in [4.69, 9.17) is 9.47 Å². The van der Waals surface area contributed by atoms with Crippen LogP contribution in [0.2, 0.25) is 0 Å². The number of nitrogens with zero attached hydrogens (tertiary/aromatic N) is 2. The first kappa shape index (κ1) is 20.5. The van der Waals surface area contributed by atoms with Gasteiger partial charge < -0.3 is 20.1 Å². The van der Waals surface area contributed by atoms with E-state index < -0.39 is 0 Å². The number of hydrogen-bond acceptors (Lipinski definition) is 6. The SMILES string of the molecule is COc1ccccc1CCNc1cc(C)nc(Nc2ccccc2OC(C)C)n1. The van der Waals surface area contributed by atoms with Crippen LogP contribution in [-0.2, 0) is 6.42 Å². The summed E-state index contributed by atoms with van der Waals surface area (Å²) in [5.74, 6) is 2.98. The van der Waals surface area contributed by atoms with Crippen LogP contribution < -0.4 is 20.1 Å². The molecule has 1 aromatic heterocycles. The lowest BCUT2D eigenvalue weighted by atomic mass is 10.1. The van der Waals surface area contributed by atoms with Gasteiger partial charge in [0.05, 0.1) is 18.9 Å². The van der Waals surface area contributed by atoms with Gasteiger partial charge in [-0.15, -0.1) is 0 Å². The molecule has 0 unspecified atom stereocenters. The first-order chi connectivity index (χ1) is 14.0. The topological polar surface area (TPSA) is 68.3 Å². The highest BCUT2D eigenvalue weighted by Crippen LogP contribution is 2.27. The summed E-state index contributed by atoms with van der Waals surface area (Å²) >= 11 is 0. The summed E-state index contributed by atoms with van der Waals surface area (Å²) in [5, 5.41) is 6.66. The molecular formula is C23H28N4O2. The Morgan fingerprint density at radius 2 is 1.69 bits per heavy atom. The minimum Gasteiger partial charge on any atom is -0.496 e. The van der Waals surface area contributed by atoms with E-state index in [-0.39, 0.29) is 6.10 Å². The van der Waals surface area contributed by atoms with E-state index in [1.165, 1.54) is 0 Å². The third-order valence-corrected chi connectivity index (χ3v) is 4.24. The van der Waals surface area contributed by atoms with Crippen molar-refractivity contribution in [3.05, 3.63) is 65.9 Å². The molecule has 0 aliphatic heterocycles. The molecule has 0 aliphatic rings. The van der Waals surface area contributed by atoms with Crippen LogP contribution >= 0.6 is 0 Å². The molecule has 6 heteroatoms. The molecular weight excluding hydrogens is 364 g/mol. The number of benzene rings is 2. The minimum absolute atomic E-state index is 0.0867. The average Bonchev–Trinajstić information content (AvgIpc) is 2.69. The third kappa shape index (κ3) is 5.85. The quantitative estimate of drug-likeness (QED) is 0.535. The average molecular weight is 393 g/mol. The molecule has 0 saturated carbocycles. The first-order valence-electron chi connectivity index (χ1n) is 9.79. The third-order valence-electron chi connectivity index (χ3n) is 4.24. The zero-order valence-electron chi connectivity index (χ0n) is 17.4. The van der Waals surface area contributed by atoms with E-state index in [2.05, 4.69) is 26.7 Å². The van der Waals surface area contributed by atoms with Crippen molar-refractivity contribution in [2.45, 2.75) is 33.3 Å². The van der Waals surface area contributed by atoms with Gasteiger partial charge in [0.25, 0.3) is 0 Å². The number of nitrogens with one attached hydrogen (secondary N) is 2. The number of aryl methyl sites for hydroxylation is 1.